The maximum atomic E-state index is 11.8. The van der Waals surface area contributed by atoms with Gasteiger partial charge in [-0.1, -0.05) is 19.1 Å². The highest BCUT2D eigenvalue weighted by molar-refractivity contribution is 7.91. The number of benzene rings is 2. The second-order valence-corrected chi connectivity index (χ2v) is 7.44. The lowest BCUT2D eigenvalue weighted by Crippen LogP contribution is -2.05. The molecule has 0 atom stereocenters. The van der Waals surface area contributed by atoms with Crippen LogP contribution in [0.4, 0.5) is 11.4 Å². The zero-order valence-electron chi connectivity index (χ0n) is 12.9. The normalized spacial score (nSPS) is 11.2. The van der Waals surface area contributed by atoms with Crippen molar-refractivity contribution in [1.82, 2.24) is 0 Å². The van der Waals surface area contributed by atoms with Crippen molar-refractivity contribution in [3.8, 4) is 0 Å². The molecule has 0 aromatic heterocycles. The van der Waals surface area contributed by atoms with Gasteiger partial charge >= 0.3 is 0 Å². The molecule has 0 amide bonds. The number of anilines is 1. The lowest BCUT2D eigenvalue weighted by molar-refractivity contribution is -0.384. The third-order valence-electron chi connectivity index (χ3n) is 3.57. The first-order valence-electron chi connectivity index (χ1n) is 7.14. The van der Waals surface area contributed by atoms with Crippen LogP contribution in [-0.2, 0) is 16.4 Å². The summed E-state index contributed by atoms with van der Waals surface area (Å²) < 4.78 is 23.5. The van der Waals surface area contributed by atoms with Crippen molar-refractivity contribution in [1.29, 1.82) is 0 Å². The zero-order valence-corrected chi connectivity index (χ0v) is 13.8. The zero-order chi connectivity index (χ0) is 17.0. The van der Waals surface area contributed by atoms with Gasteiger partial charge in [-0.2, -0.15) is 0 Å². The summed E-state index contributed by atoms with van der Waals surface area (Å²) in [4.78, 5) is 10.6. The monoisotopic (exact) mass is 334 g/mol. The van der Waals surface area contributed by atoms with E-state index in [1.54, 1.807) is 44.2 Å². The van der Waals surface area contributed by atoms with Crippen molar-refractivity contribution < 1.29 is 13.3 Å². The molecule has 0 bridgehead atoms. The van der Waals surface area contributed by atoms with E-state index in [1.807, 2.05) is 0 Å². The van der Waals surface area contributed by atoms with Crippen molar-refractivity contribution >= 4 is 21.2 Å². The van der Waals surface area contributed by atoms with Gasteiger partial charge in [0.2, 0.25) is 0 Å². The fourth-order valence-corrected chi connectivity index (χ4v) is 3.02. The minimum Gasteiger partial charge on any atom is -0.381 e. The van der Waals surface area contributed by atoms with Gasteiger partial charge < -0.3 is 5.32 Å². The van der Waals surface area contributed by atoms with Crippen LogP contribution in [0.25, 0.3) is 0 Å². The van der Waals surface area contributed by atoms with Gasteiger partial charge in [0.25, 0.3) is 5.69 Å². The summed E-state index contributed by atoms with van der Waals surface area (Å²) in [6.45, 7) is 3.92. The molecule has 0 unspecified atom stereocenters. The number of non-ortho nitro benzene ring substituents is 1. The molecule has 122 valence electrons. The molecule has 2 aromatic carbocycles. The number of nitrogens with zero attached hydrogens (tertiary/aromatic N) is 1. The molecule has 1 N–H and O–H groups in total. The number of sulfone groups is 1. The van der Waals surface area contributed by atoms with E-state index in [9.17, 15) is 18.5 Å². The fourth-order valence-electron chi connectivity index (χ4n) is 2.14. The lowest BCUT2D eigenvalue weighted by atomic mass is 10.1. The first-order chi connectivity index (χ1) is 10.8. The van der Waals surface area contributed by atoms with Crippen molar-refractivity contribution in [3.05, 3.63) is 63.7 Å². The Hall–Kier alpha value is -2.41. The summed E-state index contributed by atoms with van der Waals surface area (Å²) in [5.74, 6) is 0.0760. The van der Waals surface area contributed by atoms with Crippen LogP contribution in [0, 0.1) is 17.0 Å². The predicted octanol–water partition coefficient (Wildman–Crippen LogP) is 3.31. The van der Waals surface area contributed by atoms with E-state index in [0.717, 1.165) is 16.8 Å². The number of nitro benzene ring substituents is 1. The Morgan fingerprint density at radius 2 is 1.78 bits per heavy atom. The average molecular weight is 334 g/mol. The van der Waals surface area contributed by atoms with Gasteiger partial charge in [-0.25, -0.2) is 8.42 Å². The third kappa shape index (κ3) is 4.07. The molecule has 6 nitrogen and oxygen atoms in total. The molecule has 23 heavy (non-hydrogen) atoms. The SMILES string of the molecule is CCS(=O)(=O)c1ccc(CNc2ccc([N+](=O)[O-])cc2C)cc1. The Labute approximate surface area is 135 Å². The van der Waals surface area contributed by atoms with Gasteiger partial charge in [0.05, 0.1) is 15.6 Å². The van der Waals surface area contributed by atoms with Gasteiger partial charge in [-0.05, 0) is 36.2 Å². The number of nitro groups is 1. The summed E-state index contributed by atoms with van der Waals surface area (Å²) in [6, 6.07) is 11.3. The predicted molar refractivity (Wildman–Crippen MR) is 89.3 cm³/mol. The first-order valence-corrected chi connectivity index (χ1v) is 8.79. The van der Waals surface area contributed by atoms with Crippen LogP contribution in [0.2, 0.25) is 0 Å². The molecule has 0 aliphatic heterocycles. The quantitative estimate of drug-likeness (QED) is 0.646. The Morgan fingerprint density at radius 1 is 1.13 bits per heavy atom. The van der Waals surface area contributed by atoms with E-state index in [4.69, 9.17) is 0 Å². The maximum Gasteiger partial charge on any atom is 0.269 e. The van der Waals surface area contributed by atoms with Crippen molar-refractivity contribution in [2.45, 2.75) is 25.3 Å². The number of hydrogen-bond acceptors (Lipinski definition) is 5. The Bertz CT molecular complexity index is 814. The molecule has 0 spiro atoms. The molecule has 0 saturated heterocycles. The molecule has 2 aromatic rings. The van der Waals surface area contributed by atoms with Crippen LogP contribution in [0.5, 0.6) is 0 Å². The molecular weight excluding hydrogens is 316 g/mol. The first kappa shape index (κ1) is 17.0. The maximum absolute atomic E-state index is 11.8. The molecule has 0 saturated carbocycles. The molecule has 0 fully saturated rings. The lowest BCUT2D eigenvalue weighted by Gasteiger charge is -2.10. The molecule has 0 aliphatic rings. The molecule has 2 rings (SSSR count). The summed E-state index contributed by atoms with van der Waals surface area (Å²) in [7, 11) is -3.19. The van der Waals surface area contributed by atoms with E-state index in [0.29, 0.717) is 11.4 Å². The van der Waals surface area contributed by atoms with Crippen LogP contribution >= 0.6 is 0 Å². The third-order valence-corrected chi connectivity index (χ3v) is 5.32. The van der Waals surface area contributed by atoms with Crippen LogP contribution in [0.15, 0.2) is 47.4 Å². The van der Waals surface area contributed by atoms with Gasteiger partial charge in [-0.3, -0.25) is 10.1 Å². The summed E-state index contributed by atoms with van der Waals surface area (Å²) in [6.07, 6.45) is 0. The second kappa shape index (κ2) is 6.78. The smallest absolute Gasteiger partial charge is 0.269 e. The van der Waals surface area contributed by atoms with E-state index in [-0.39, 0.29) is 11.4 Å². The molecule has 7 heteroatoms. The molecular formula is C16H18N2O4S. The Morgan fingerprint density at radius 3 is 2.30 bits per heavy atom. The van der Waals surface area contributed by atoms with Crippen LogP contribution < -0.4 is 5.32 Å². The van der Waals surface area contributed by atoms with Crippen LogP contribution in [-0.4, -0.2) is 19.1 Å². The topological polar surface area (TPSA) is 89.3 Å². The van der Waals surface area contributed by atoms with Gasteiger partial charge in [0.1, 0.15) is 0 Å². The second-order valence-electron chi connectivity index (χ2n) is 5.16. The number of rotatable bonds is 6. The van der Waals surface area contributed by atoms with Crippen LogP contribution in [0.3, 0.4) is 0 Å². The number of hydrogen-bond donors (Lipinski definition) is 1. The Balaban J connectivity index is 2.08. The highest BCUT2D eigenvalue weighted by atomic mass is 32.2. The van der Waals surface area contributed by atoms with E-state index >= 15 is 0 Å². The van der Waals surface area contributed by atoms with Crippen molar-refractivity contribution in [2.75, 3.05) is 11.1 Å². The minimum atomic E-state index is -3.19. The van der Waals surface area contributed by atoms with Gasteiger partial charge in [0.15, 0.2) is 9.84 Å². The molecule has 0 aliphatic carbocycles. The van der Waals surface area contributed by atoms with E-state index in [2.05, 4.69) is 5.32 Å². The summed E-state index contributed by atoms with van der Waals surface area (Å²) in [5.41, 5.74) is 2.57. The summed E-state index contributed by atoms with van der Waals surface area (Å²) >= 11 is 0. The minimum absolute atomic E-state index is 0.0576. The Kier molecular flexibility index (Phi) is 5.00. The number of nitrogens with one attached hydrogen (secondary N) is 1. The van der Waals surface area contributed by atoms with Crippen molar-refractivity contribution in [2.24, 2.45) is 0 Å². The number of aryl methyl sites for hydroxylation is 1. The molecule has 0 radical (unpaired) electrons. The van der Waals surface area contributed by atoms with Gasteiger partial charge in [0, 0.05) is 24.4 Å². The largest absolute Gasteiger partial charge is 0.381 e. The average Bonchev–Trinajstić information content (AvgIpc) is 2.54. The van der Waals surface area contributed by atoms with Gasteiger partial charge in [-0.15, -0.1) is 0 Å². The molecule has 0 heterocycles. The highest BCUT2D eigenvalue weighted by Crippen LogP contribution is 2.22. The fraction of sp³-hybridized carbons (Fsp3) is 0.250. The van der Waals surface area contributed by atoms with Crippen molar-refractivity contribution in [3.63, 3.8) is 0 Å². The van der Waals surface area contributed by atoms with E-state index in [1.165, 1.54) is 12.1 Å². The van der Waals surface area contributed by atoms with E-state index < -0.39 is 14.8 Å². The highest BCUT2D eigenvalue weighted by Gasteiger charge is 2.11. The standard InChI is InChI=1S/C16H18N2O4S/c1-3-23(21,22)15-7-4-13(5-8-15)11-17-16-9-6-14(18(19)20)10-12(16)2/h4-10,17H,3,11H2,1-2H3. The summed E-state index contributed by atoms with van der Waals surface area (Å²) in [5, 5.41) is 13.9. The van der Waals surface area contributed by atoms with Crippen LogP contribution in [0.1, 0.15) is 18.1 Å².